The summed E-state index contributed by atoms with van der Waals surface area (Å²) in [6, 6.07) is 8.85. The Bertz CT molecular complexity index is 376. The summed E-state index contributed by atoms with van der Waals surface area (Å²) in [4.78, 5) is 2.87. The van der Waals surface area contributed by atoms with E-state index in [1.54, 1.807) is 0 Å². The molecule has 0 radical (unpaired) electrons. The molecule has 18 heavy (non-hydrogen) atoms. The van der Waals surface area contributed by atoms with Crippen molar-refractivity contribution in [1.29, 1.82) is 0 Å². The Labute approximate surface area is 120 Å². The Morgan fingerprint density at radius 3 is 2.44 bits per heavy atom. The molecular weight excluding hydrogens is 260 g/mol. The quantitative estimate of drug-likeness (QED) is 0.779. The van der Waals surface area contributed by atoms with Gasteiger partial charge in [0.1, 0.15) is 4.99 Å². The molecule has 1 atom stereocenters. The zero-order valence-electron chi connectivity index (χ0n) is 11.3. The lowest BCUT2D eigenvalue weighted by Crippen LogP contribution is -2.32. The molecule has 1 unspecified atom stereocenters. The summed E-state index contributed by atoms with van der Waals surface area (Å²) in [6.07, 6.45) is 3.34. The van der Waals surface area contributed by atoms with Crippen molar-refractivity contribution in [2.45, 2.75) is 25.9 Å². The van der Waals surface area contributed by atoms with Crippen LogP contribution in [0.15, 0.2) is 24.3 Å². The second-order valence-corrected chi connectivity index (χ2v) is 5.84. The maximum absolute atomic E-state index is 5.59. The number of nitrogens with two attached hydrogens (primary N) is 1. The molecule has 100 valence electrons. The Kier molecular flexibility index (Phi) is 6.68. The smallest absolute Gasteiger partial charge is 0.103 e. The molecule has 0 heterocycles. The molecule has 0 amide bonds. The van der Waals surface area contributed by atoms with Gasteiger partial charge in [-0.15, -0.1) is 0 Å². The van der Waals surface area contributed by atoms with Crippen LogP contribution in [0.2, 0.25) is 0 Å². The topological polar surface area (TPSA) is 29.3 Å². The van der Waals surface area contributed by atoms with E-state index in [1.165, 1.54) is 17.7 Å². The van der Waals surface area contributed by atoms with Crippen LogP contribution in [0.5, 0.6) is 0 Å². The van der Waals surface area contributed by atoms with Crippen molar-refractivity contribution in [1.82, 2.24) is 4.90 Å². The SMILES string of the molecule is CCC(CSC)N(C)Cc1ccc(C(N)=S)cc1. The van der Waals surface area contributed by atoms with E-state index in [0.717, 1.165) is 12.1 Å². The van der Waals surface area contributed by atoms with Crippen LogP contribution in [0.3, 0.4) is 0 Å². The molecule has 2 N–H and O–H groups in total. The highest BCUT2D eigenvalue weighted by Crippen LogP contribution is 2.13. The van der Waals surface area contributed by atoms with Gasteiger partial charge in [-0.1, -0.05) is 43.4 Å². The Hall–Kier alpha value is -0.580. The van der Waals surface area contributed by atoms with Crippen LogP contribution in [0.25, 0.3) is 0 Å². The predicted molar refractivity (Wildman–Crippen MR) is 86.3 cm³/mol. The van der Waals surface area contributed by atoms with Crippen molar-refractivity contribution in [3.8, 4) is 0 Å². The summed E-state index contributed by atoms with van der Waals surface area (Å²) in [7, 11) is 2.19. The molecule has 2 nitrogen and oxygen atoms in total. The van der Waals surface area contributed by atoms with E-state index in [0.29, 0.717) is 11.0 Å². The summed E-state index contributed by atoms with van der Waals surface area (Å²) in [5.41, 5.74) is 7.83. The Morgan fingerprint density at radius 2 is 2.00 bits per heavy atom. The zero-order chi connectivity index (χ0) is 13.5. The van der Waals surface area contributed by atoms with Crippen LogP contribution in [0.1, 0.15) is 24.5 Å². The average molecular weight is 282 g/mol. The second-order valence-electron chi connectivity index (χ2n) is 4.49. The number of rotatable bonds is 7. The number of hydrogen-bond donors (Lipinski definition) is 1. The minimum atomic E-state index is 0.462. The minimum Gasteiger partial charge on any atom is -0.389 e. The van der Waals surface area contributed by atoms with E-state index < -0.39 is 0 Å². The van der Waals surface area contributed by atoms with E-state index in [4.69, 9.17) is 18.0 Å². The van der Waals surface area contributed by atoms with Crippen molar-refractivity contribution >= 4 is 29.0 Å². The third kappa shape index (κ3) is 4.59. The number of benzene rings is 1. The van der Waals surface area contributed by atoms with Gasteiger partial charge in [-0.05, 0) is 25.3 Å². The summed E-state index contributed by atoms with van der Waals surface area (Å²) >= 11 is 6.86. The predicted octanol–water partition coefficient (Wildman–Crippen LogP) is 2.89. The standard InChI is InChI=1S/C14H22N2S2/c1-4-13(10-18-3)16(2)9-11-5-7-12(8-6-11)14(15)17/h5-8,13H,4,9-10H2,1-3H3,(H2,15,17). The lowest BCUT2D eigenvalue weighted by Gasteiger charge is -2.26. The minimum absolute atomic E-state index is 0.462. The van der Waals surface area contributed by atoms with Crippen molar-refractivity contribution < 1.29 is 0 Å². The molecule has 0 saturated carbocycles. The maximum atomic E-state index is 5.59. The Balaban J connectivity index is 2.63. The number of nitrogens with zero attached hydrogens (tertiary/aromatic N) is 1. The Morgan fingerprint density at radius 1 is 1.39 bits per heavy atom. The molecule has 1 aromatic carbocycles. The van der Waals surface area contributed by atoms with Gasteiger partial charge >= 0.3 is 0 Å². The third-order valence-corrected chi connectivity index (χ3v) is 4.08. The van der Waals surface area contributed by atoms with E-state index in [-0.39, 0.29) is 0 Å². The summed E-state index contributed by atoms with van der Waals surface area (Å²) in [6.45, 7) is 3.21. The first-order valence-corrected chi connectivity index (χ1v) is 7.96. The summed E-state index contributed by atoms with van der Waals surface area (Å²) in [5.74, 6) is 1.18. The van der Waals surface area contributed by atoms with E-state index in [2.05, 4.69) is 37.3 Å². The van der Waals surface area contributed by atoms with Gasteiger partial charge in [0.05, 0.1) is 0 Å². The van der Waals surface area contributed by atoms with Crippen LogP contribution < -0.4 is 5.73 Å². The monoisotopic (exact) mass is 282 g/mol. The molecule has 4 heteroatoms. The van der Waals surface area contributed by atoms with Gasteiger partial charge in [0.2, 0.25) is 0 Å². The van der Waals surface area contributed by atoms with Crippen LogP contribution in [0.4, 0.5) is 0 Å². The zero-order valence-corrected chi connectivity index (χ0v) is 13.0. The first kappa shape index (κ1) is 15.5. The lowest BCUT2D eigenvalue weighted by atomic mass is 10.1. The average Bonchev–Trinajstić information content (AvgIpc) is 2.36. The van der Waals surface area contributed by atoms with Gasteiger partial charge < -0.3 is 5.73 Å². The molecule has 0 aliphatic rings. The molecule has 0 saturated heterocycles. The van der Waals surface area contributed by atoms with Crippen molar-refractivity contribution in [2.24, 2.45) is 5.73 Å². The third-order valence-electron chi connectivity index (χ3n) is 3.12. The van der Waals surface area contributed by atoms with E-state index in [9.17, 15) is 0 Å². The number of hydrogen-bond acceptors (Lipinski definition) is 3. The first-order chi connectivity index (χ1) is 8.58. The normalized spacial score (nSPS) is 12.7. The van der Waals surface area contributed by atoms with Crippen LogP contribution in [-0.2, 0) is 6.54 Å². The highest BCUT2D eigenvalue weighted by Gasteiger charge is 2.12. The number of thioether (sulfide) groups is 1. The van der Waals surface area contributed by atoms with Crippen molar-refractivity contribution in [3.05, 3.63) is 35.4 Å². The molecule has 0 aliphatic carbocycles. The largest absolute Gasteiger partial charge is 0.389 e. The first-order valence-electron chi connectivity index (χ1n) is 6.16. The van der Waals surface area contributed by atoms with Crippen molar-refractivity contribution in [3.63, 3.8) is 0 Å². The van der Waals surface area contributed by atoms with Gasteiger partial charge in [-0.2, -0.15) is 11.8 Å². The highest BCUT2D eigenvalue weighted by molar-refractivity contribution is 7.98. The second kappa shape index (κ2) is 7.77. The molecular formula is C14H22N2S2. The number of thiocarbonyl (C=S) groups is 1. The van der Waals surface area contributed by atoms with Gasteiger partial charge in [0.25, 0.3) is 0 Å². The molecule has 0 bridgehead atoms. The molecule has 1 rings (SSSR count). The molecule has 0 aromatic heterocycles. The van der Waals surface area contributed by atoms with Gasteiger partial charge in [-0.25, -0.2) is 0 Å². The highest BCUT2D eigenvalue weighted by atomic mass is 32.2. The van der Waals surface area contributed by atoms with E-state index in [1.807, 2.05) is 23.9 Å². The summed E-state index contributed by atoms with van der Waals surface area (Å²) in [5, 5.41) is 0. The lowest BCUT2D eigenvalue weighted by molar-refractivity contribution is 0.248. The van der Waals surface area contributed by atoms with E-state index >= 15 is 0 Å². The van der Waals surface area contributed by atoms with Gasteiger partial charge in [0, 0.05) is 23.9 Å². The molecule has 0 aliphatic heterocycles. The van der Waals surface area contributed by atoms with Crippen molar-refractivity contribution in [2.75, 3.05) is 19.1 Å². The maximum Gasteiger partial charge on any atom is 0.103 e. The summed E-state index contributed by atoms with van der Waals surface area (Å²) < 4.78 is 0. The molecule has 0 fully saturated rings. The fourth-order valence-corrected chi connectivity index (χ4v) is 2.95. The van der Waals surface area contributed by atoms with Crippen LogP contribution >= 0.6 is 24.0 Å². The molecule has 0 spiro atoms. The van der Waals surface area contributed by atoms with Crippen LogP contribution in [0, 0.1) is 0 Å². The fourth-order valence-electron chi connectivity index (χ4n) is 1.94. The van der Waals surface area contributed by atoms with Gasteiger partial charge in [0.15, 0.2) is 0 Å². The molecule has 1 aromatic rings. The van der Waals surface area contributed by atoms with Crippen LogP contribution in [-0.4, -0.2) is 35.0 Å². The fraction of sp³-hybridized carbons (Fsp3) is 0.500. The van der Waals surface area contributed by atoms with Gasteiger partial charge in [-0.3, -0.25) is 4.90 Å².